The molecule has 0 saturated heterocycles. The second-order valence-corrected chi connectivity index (χ2v) is 6.54. The van der Waals surface area contributed by atoms with Gasteiger partial charge in [-0.3, -0.25) is 9.69 Å². The van der Waals surface area contributed by atoms with E-state index in [2.05, 4.69) is 4.98 Å². The van der Waals surface area contributed by atoms with Gasteiger partial charge < -0.3 is 0 Å². The van der Waals surface area contributed by atoms with Crippen LogP contribution < -0.4 is 4.90 Å². The first-order valence-corrected chi connectivity index (χ1v) is 8.76. The number of carbonyl (C=O) groups excluding carboxylic acids is 1. The summed E-state index contributed by atoms with van der Waals surface area (Å²) in [5.41, 5.74) is 0.611. The molecule has 116 valence electrons. The topological polar surface area (TPSA) is 33.2 Å². The number of amides is 1. The van der Waals surface area contributed by atoms with Gasteiger partial charge in [0.25, 0.3) is 0 Å². The second kappa shape index (κ2) is 7.39. The molecule has 23 heavy (non-hydrogen) atoms. The van der Waals surface area contributed by atoms with Gasteiger partial charge in [-0.15, -0.1) is 23.1 Å². The highest BCUT2D eigenvalue weighted by Gasteiger charge is 2.20. The number of benzene rings is 2. The predicted molar refractivity (Wildman–Crippen MR) is 92.8 cm³/mol. The third-order valence-electron chi connectivity index (χ3n) is 3.05. The van der Waals surface area contributed by atoms with Gasteiger partial charge in [-0.1, -0.05) is 18.2 Å². The van der Waals surface area contributed by atoms with Crippen LogP contribution in [0, 0.1) is 5.82 Å². The minimum atomic E-state index is -0.334. The van der Waals surface area contributed by atoms with Crippen LogP contribution >= 0.6 is 23.1 Å². The third kappa shape index (κ3) is 3.97. The first-order valence-electron chi connectivity index (χ1n) is 6.90. The lowest BCUT2D eigenvalue weighted by molar-refractivity contribution is -0.115. The van der Waals surface area contributed by atoms with Gasteiger partial charge >= 0.3 is 0 Å². The number of rotatable bonds is 5. The quantitative estimate of drug-likeness (QED) is 0.627. The van der Waals surface area contributed by atoms with Crippen LogP contribution in [0.1, 0.15) is 0 Å². The van der Waals surface area contributed by atoms with Crippen molar-refractivity contribution < 1.29 is 9.18 Å². The number of hydrogen-bond acceptors (Lipinski definition) is 4. The molecule has 0 aliphatic rings. The van der Waals surface area contributed by atoms with Gasteiger partial charge in [0.1, 0.15) is 5.82 Å². The Morgan fingerprint density at radius 1 is 1.13 bits per heavy atom. The Balaban J connectivity index is 1.80. The van der Waals surface area contributed by atoms with Crippen molar-refractivity contribution in [2.75, 3.05) is 10.7 Å². The van der Waals surface area contributed by atoms with E-state index < -0.39 is 0 Å². The summed E-state index contributed by atoms with van der Waals surface area (Å²) in [5.74, 6) is -0.152. The third-order valence-corrected chi connectivity index (χ3v) is 4.80. The highest BCUT2D eigenvalue weighted by Crippen LogP contribution is 2.29. The molecule has 0 aliphatic carbocycles. The average molecular weight is 344 g/mol. The lowest BCUT2D eigenvalue weighted by Crippen LogP contribution is -2.27. The SMILES string of the molecule is O=C(CSc1ccccc1)N(c1ccc(F)cc1)c1nccs1. The standard InChI is InChI=1S/C17H13FN2OS2/c18-13-6-8-14(9-7-13)20(17-19-10-11-22-17)16(21)12-23-15-4-2-1-3-5-15/h1-11H,12H2. The normalized spacial score (nSPS) is 10.5. The predicted octanol–water partition coefficient (Wildman–Crippen LogP) is 4.74. The minimum Gasteiger partial charge on any atom is -0.273 e. The molecule has 0 saturated carbocycles. The molecule has 0 spiro atoms. The maximum absolute atomic E-state index is 13.1. The van der Waals surface area contributed by atoms with Crippen LogP contribution in [0.5, 0.6) is 0 Å². The molecule has 0 bridgehead atoms. The Kier molecular flexibility index (Phi) is 5.05. The molecular formula is C17H13FN2OS2. The van der Waals surface area contributed by atoms with Crippen LogP contribution in [0.2, 0.25) is 0 Å². The molecule has 3 nitrogen and oxygen atoms in total. The molecule has 1 amide bonds. The number of carbonyl (C=O) groups is 1. The van der Waals surface area contributed by atoms with Gasteiger partial charge in [-0.25, -0.2) is 9.37 Å². The second-order valence-electron chi connectivity index (χ2n) is 4.62. The molecule has 0 fully saturated rings. The van der Waals surface area contributed by atoms with Crippen LogP contribution in [0.4, 0.5) is 15.2 Å². The summed E-state index contributed by atoms with van der Waals surface area (Å²) in [5, 5.41) is 2.39. The zero-order valence-electron chi connectivity index (χ0n) is 12.1. The van der Waals surface area contributed by atoms with Crippen LogP contribution in [0.15, 0.2) is 71.1 Å². The van der Waals surface area contributed by atoms with Crippen molar-refractivity contribution in [3.63, 3.8) is 0 Å². The number of halogens is 1. The van der Waals surface area contributed by atoms with Crippen LogP contribution in [0.25, 0.3) is 0 Å². The Hall–Kier alpha value is -2.18. The van der Waals surface area contributed by atoms with Crippen molar-refractivity contribution in [2.45, 2.75) is 4.90 Å². The van der Waals surface area contributed by atoms with E-state index in [-0.39, 0.29) is 17.5 Å². The highest BCUT2D eigenvalue weighted by molar-refractivity contribution is 8.00. The Labute approximate surface area is 141 Å². The Morgan fingerprint density at radius 2 is 1.87 bits per heavy atom. The van der Waals surface area contributed by atoms with E-state index >= 15 is 0 Å². The van der Waals surface area contributed by atoms with E-state index in [0.29, 0.717) is 10.8 Å². The summed E-state index contributed by atoms with van der Waals surface area (Å²) in [6, 6.07) is 15.6. The lowest BCUT2D eigenvalue weighted by Gasteiger charge is -2.19. The molecule has 1 aromatic heterocycles. The summed E-state index contributed by atoms with van der Waals surface area (Å²) < 4.78 is 13.1. The first kappa shape index (κ1) is 15.7. The van der Waals surface area contributed by atoms with E-state index in [0.717, 1.165) is 4.90 Å². The molecular weight excluding hydrogens is 331 g/mol. The Bertz CT molecular complexity index is 761. The zero-order chi connectivity index (χ0) is 16.1. The smallest absolute Gasteiger partial charge is 0.243 e. The largest absolute Gasteiger partial charge is 0.273 e. The van der Waals surface area contributed by atoms with Gasteiger partial charge in [-0.2, -0.15) is 0 Å². The van der Waals surface area contributed by atoms with E-state index in [1.807, 2.05) is 35.7 Å². The maximum atomic E-state index is 13.1. The molecule has 0 atom stereocenters. The minimum absolute atomic E-state index is 0.0968. The molecule has 0 unspecified atom stereocenters. The summed E-state index contributed by atoms with van der Waals surface area (Å²) in [6.45, 7) is 0. The number of nitrogens with zero attached hydrogens (tertiary/aromatic N) is 2. The lowest BCUT2D eigenvalue weighted by atomic mass is 10.3. The molecule has 0 N–H and O–H groups in total. The summed E-state index contributed by atoms with van der Waals surface area (Å²) in [7, 11) is 0. The molecule has 1 heterocycles. The van der Waals surface area contributed by atoms with E-state index in [1.54, 1.807) is 18.3 Å². The van der Waals surface area contributed by atoms with Gasteiger partial charge in [0.2, 0.25) is 5.91 Å². The number of anilines is 2. The molecule has 0 radical (unpaired) electrons. The van der Waals surface area contributed by atoms with Crippen molar-refractivity contribution in [1.82, 2.24) is 4.98 Å². The first-order chi connectivity index (χ1) is 11.2. The van der Waals surface area contributed by atoms with E-state index in [1.165, 1.54) is 40.1 Å². The number of thioether (sulfide) groups is 1. The van der Waals surface area contributed by atoms with Gasteiger partial charge in [0.15, 0.2) is 5.13 Å². The Morgan fingerprint density at radius 3 is 2.52 bits per heavy atom. The molecule has 3 aromatic rings. The fourth-order valence-corrected chi connectivity index (χ4v) is 3.45. The number of thiazole rings is 1. The zero-order valence-corrected chi connectivity index (χ0v) is 13.7. The average Bonchev–Trinajstić information content (AvgIpc) is 3.10. The highest BCUT2D eigenvalue weighted by atomic mass is 32.2. The van der Waals surface area contributed by atoms with Crippen molar-refractivity contribution in [2.24, 2.45) is 0 Å². The fraction of sp³-hybridized carbons (Fsp3) is 0.0588. The van der Waals surface area contributed by atoms with Crippen LogP contribution in [0.3, 0.4) is 0 Å². The monoisotopic (exact) mass is 344 g/mol. The van der Waals surface area contributed by atoms with E-state index in [4.69, 9.17) is 0 Å². The molecule has 6 heteroatoms. The maximum Gasteiger partial charge on any atom is 0.243 e. The van der Waals surface area contributed by atoms with Gasteiger partial charge in [0, 0.05) is 16.5 Å². The van der Waals surface area contributed by atoms with Gasteiger partial charge in [0.05, 0.1) is 11.4 Å². The van der Waals surface area contributed by atoms with E-state index in [9.17, 15) is 9.18 Å². The molecule has 0 aliphatic heterocycles. The van der Waals surface area contributed by atoms with Crippen LogP contribution in [-0.4, -0.2) is 16.6 Å². The van der Waals surface area contributed by atoms with Crippen LogP contribution in [-0.2, 0) is 4.79 Å². The van der Waals surface area contributed by atoms with Crippen molar-refractivity contribution in [1.29, 1.82) is 0 Å². The molecule has 3 rings (SSSR count). The van der Waals surface area contributed by atoms with Gasteiger partial charge in [-0.05, 0) is 36.4 Å². The summed E-state index contributed by atoms with van der Waals surface area (Å²) in [6.07, 6.45) is 1.65. The molecule has 2 aromatic carbocycles. The number of hydrogen-bond donors (Lipinski definition) is 0. The summed E-state index contributed by atoms with van der Waals surface area (Å²) >= 11 is 2.83. The van der Waals surface area contributed by atoms with Crippen molar-refractivity contribution in [3.05, 3.63) is 72.0 Å². The van der Waals surface area contributed by atoms with Crippen molar-refractivity contribution >= 4 is 39.8 Å². The fourth-order valence-electron chi connectivity index (χ4n) is 2.00. The summed E-state index contributed by atoms with van der Waals surface area (Å²) in [4.78, 5) is 19.4. The van der Waals surface area contributed by atoms with Crippen molar-refractivity contribution in [3.8, 4) is 0 Å². The number of aromatic nitrogens is 1.